The number of anilines is 1. The van der Waals surface area contributed by atoms with E-state index in [9.17, 15) is 19.7 Å². The van der Waals surface area contributed by atoms with Gasteiger partial charge >= 0.3 is 6.09 Å². The monoisotopic (exact) mass is 436 g/mol. The Labute approximate surface area is 185 Å². The van der Waals surface area contributed by atoms with Crippen LogP contribution in [0.25, 0.3) is 0 Å². The lowest BCUT2D eigenvalue weighted by molar-refractivity contribution is -0.384. The molecule has 1 N–H and O–H groups in total. The number of nitro benzene ring substituents is 1. The minimum Gasteiger partial charge on any atom is -0.410 e. The van der Waals surface area contributed by atoms with Crippen molar-refractivity contribution in [2.24, 2.45) is 10.9 Å². The average Bonchev–Trinajstić information content (AvgIpc) is 2.91. The lowest BCUT2D eigenvalue weighted by Gasteiger charge is -2.24. The van der Waals surface area contributed by atoms with E-state index in [1.807, 2.05) is 24.3 Å². The second-order valence-electron chi connectivity index (χ2n) is 7.95. The molecule has 1 fully saturated rings. The zero-order valence-corrected chi connectivity index (χ0v) is 17.7. The number of likely N-dealkylation sites (N-methyl/N-ethyl adjacent to an activating group) is 1. The number of hydrogen-bond donors (Lipinski definition) is 1. The van der Waals surface area contributed by atoms with E-state index in [0.717, 1.165) is 42.6 Å². The highest BCUT2D eigenvalue weighted by Gasteiger charge is 2.33. The van der Waals surface area contributed by atoms with Crippen LogP contribution in [0.2, 0.25) is 0 Å². The minimum atomic E-state index is -1.13. The van der Waals surface area contributed by atoms with Crippen LogP contribution in [0.15, 0.2) is 53.5 Å². The number of amides is 2. The molecule has 0 unspecified atom stereocenters. The molecule has 0 saturated heterocycles. The number of rotatable bonds is 4. The smallest absolute Gasteiger partial charge is 0.410 e. The van der Waals surface area contributed by atoms with E-state index >= 15 is 0 Å². The molecule has 2 aliphatic rings. The third-order valence-electron chi connectivity index (χ3n) is 5.88. The van der Waals surface area contributed by atoms with Gasteiger partial charge in [-0.05, 0) is 31.0 Å². The Balaban J connectivity index is 1.58. The highest BCUT2D eigenvalue weighted by atomic mass is 16.6. The summed E-state index contributed by atoms with van der Waals surface area (Å²) in [6.45, 7) is 0. The molecular weight excluding hydrogens is 412 g/mol. The molecule has 1 saturated carbocycles. The molecule has 9 heteroatoms. The van der Waals surface area contributed by atoms with E-state index in [2.05, 4.69) is 5.32 Å². The molecule has 0 bridgehead atoms. The number of nitrogens with one attached hydrogen (secondary N) is 1. The number of hydrogen-bond acceptors (Lipinski definition) is 6. The van der Waals surface area contributed by atoms with Gasteiger partial charge in [0.2, 0.25) is 6.17 Å². The van der Waals surface area contributed by atoms with Crippen molar-refractivity contribution in [3.63, 3.8) is 0 Å². The molecule has 9 nitrogen and oxygen atoms in total. The summed E-state index contributed by atoms with van der Waals surface area (Å²) in [7, 11) is 1.66. The summed E-state index contributed by atoms with van der Waals surface area (Å²) in [5.74, 6) is -0.0228. The van der Waals surface area contributed by atoms with E-state index in [4.69, 9.17) is 9.73 Å². The van der Waals surface area contributed by atoms with Crippen LogP contribution in [-0.4, -0.2) is 35.8 Å². The quantitative estimate of drug-likeness (QED) is 0.573. The Morgan fingerprint density at radius 3 is 2.50 bits per heavy atom. The van der Waals surface area contributed by atoms with Crippen molar-refractivity contribution in [1.29, 1.82) is 0 Å². The molecule has 0 radical (unpaired) electrons. The van der Waals surface area contributed by atoms with E-state index in [0.29, 0.717) is 0 Å². The van der Waals surface area contributed by atoms with Crippen LogP contribution in [-0.2, 0) is 4.79 Å². The number of carbonyl (C=O) groups is 2. The van der Waals surface area contributed by atoms with Crippen LogP contribution in [0.4, 0.5) is 16.2 Å². The Morgan fingerprint density at radius 1 is 1.12 bits per heavy atom. The maximum atomic E-state index is 13.1. The zero-order chi connectivity index (χ0) is 22.7. The highest BCUT2D eigenvalue weighted by molar-refractivity contribution is 6.13. The summed E-state index contributed by atoms with van der Waals surface area (Å²) in [6.07, 6.45) is 3.40. The van der Waals surface area contributed by atoms with Crippen molar-refractivity contribution in [1.82, 2.24) is 5.32 Å². The normalized spacial score (nSPS) is 18.9. The molecule has 166 valence electrons. The molecule has 0 aromatic heterocycles. The van der Waals surface area contributed by atoms with Crippen LogP contribution < -0.4 is 15.0 Å². The summed E-state index contributed by atoms with van der Waals surface area (Å²) in [5.41, 5.74) is 2.38. The zero-order valence-electron chi connectivity index (χ0n) is 17.7. The maximum absolute atomic E-state index is 13.1. The largest absolute Gasteiger partial charge is 0.414 e. The van der Waals surface area contributed by atoms with Gasteiger partial charge in [-0.2, -0.15) is 0 Å². The topological polar surface area (TPSA) is 114 Å². The minimum absolute atomic E-state index is 0.113. The molecule has 1 atom stereocenters. The average molecular weight is 436 g/mol. The summed E-state index contributed by atoms with van der Waals surface area (Å²) in [5, 5.41) is 13.3. The summed E-state index contributed by atoms with van der Waals surface area (Å²) in [4.78, 5) is 42.1. The Morgan fingerprint density at radius 2 is 1.81 bits per heavy atom. The number of aliphatic imine (C=N–C) groups is 1. The fraction of sp³-hybridized carbons (Fsp3) is 0.348. The first-order chi connectivity index (χ1) is 15.4. The van der Waals surface area contributed by atoms with Gasteiger partial charge in [0, 0.05) is 30.7 Å². The number of nitro groups is 1. The van der Waals surface area contributed by atoms with Gasteiger partial charge in [0.15, 0.2) is 0 Å². The van der Waals surface area contributed by atoms with E-state index in [-0.39, 0.29) is 23.3 Å². The third-order valence-corrected chi connectivity index (χ3v) is 5.88. The number of fused-ring (bicyclic) bond motifs is 1. The van der Waals surface area contributed by atoms with Crippen LogP contribution in [0.5, 0.6) is 5.75 Å². The Hall–Kier alpha value is -3.75. The van der Waals surface area contributed by atoms with Crippen LogP contribution in [0, 0.1) is 16.0 Å². The number of nitrogens with zero attached hydrogens (tertiary/aromatic N) is 3. The van der Waals surface area contributed by atoms with Crippen molar-refractivity contribution >= 4 is 29.1 Å². The first-order valence-electron chi connectivity index (χ1n) is 10.6. The first-order valence-corrected chi connectivity index (χ1v) is 10.6. The van der Waals surface area contributed by atoms with Gasteiger partial charge in [-0.1, -0.05) is 37.5 Å². The van der Waals surface area contributed by atoms with Crippen molar-refractivity contribution in [3.8, 4) is 5.75 Å². The summed E-state index contributed by atoms with van der Waals surface area (Å²) in [6, 6.07) is 12.8. The standard InChI is InChI=1S/C23H24N4O5/c1-26-19-10-6-5-9-18(19)20(15-7-3-2-4-8-15)24-21(22(26)28)25-23(29)32-17-13-11-16(12-14-17)27(30)31/h5-6,9-15,21H,2-4,7-8H2,1H3,(H,25,29)/t21-/m0/s1. The number of para-hydroxylation sites is 1. The fourth-order valence-electron chi connectivity index (χ4n) is 4.23. The van der Waals surface area contributed by atoms with Gasteiger partial charge in [-0.25, -0.2) is 4.79 Å². The molecule has 0 spiro atoms. The second-order valence-corrected chi connectivity index (χ2v) is 7.95. The number of non-ortho nitro benzene ring substituents is 1. The first kappa shape index (κ1) is 21.5. The van der Waals surface area contributed by atoms with Crippen molar-refractivity contribution in [3.05, 3.63) is 64.2 Å². The van der Waals surface area contributed by atoms with Gasteiger partial charge in [0.25, 0.3) is 11.6 Å². The molecule has 4 rings (SSSR count). The van der Waals surface area contributed by atoms with Gasteiger partial charge < -0.3 is 9.64 Å². The van der Waals surface area contributed by atoms with Crippen molar-refractivity contribution in [2.45, 2.75) is 38.3 Å². The lowest BCUT2D eigenvalue weighted by Crippen LogP contribution is -2.47. The molecule has 1 aliphatic carbocycles. The number of carbonyl (C=O) groups excluding carboxylic acids is 2. The molecule has 2 amide bonds. The van der Waals surface area contributed by atoms with Crippen LogP contribution >= 0.6 is 0 Å². The van der Waals surface area contributed by atoms with E-state index in [1.165, 1.54) is 35.6 Å². The highest BCUT2D eigenvalue weighted by Crippen LogP contribution is 2.33. The van der Waals surface area contributed by atoms with E-state index < -0.39 is 17.2 Å². The SMILES string of the molecule is CN1C(=O)[C@H](NC(=O)Oc2ccc([N+](=O)[O-])cc2)N=C(C2CCCCC2)c2ccccc21. The van der Waals surface area contributed by atoms with Crippen LogP contribution in [0.1, 0.15) is 37.7 Å². The predicted octanol–water partition coefficient (Wildman–Crippen LogP) is 4.06. The molecule has 1 aliphatic heterocycles. The fourth-order valence-corrected chi connectivity index (χ4v) is 4.23. The molecule has 1 heterocycles. The molecule has 2 aromatic carbocycles. The molecule has 32 heavy (non-hydrogen) atoms. The number of benzodiazepines with no additional fused rings is 1. The number of benzene rings is 2. The maximum Gasteiger partial charge on any atom is 0.414 e. The van der Waals surface area contributed by atoms with Gasteiger partial charge in [0.1, 0.15) is 5.75 Å². The summed E-state index contributed by atoms with van der Waals surface area (Å²) >= 11 is 0. The lowest BCUT2D eigenvalue weighted by atomic mass is 9.83. The molecular formula is C23H24N4O5. The summed E-state index contributed by atoms with van der Waals surface area (Å²) < 4.78 is 5.22. The van der Waals surface area contributed by atoms with Crippen LogP contribution in [0.3, 0.4) is 0 Å². The number of ether oxygens (including phenoxy) is 1. The Kier molecular flexibility index (Phi) is 6.16. The van der Waals surface area contributed by atoms with E-state index in [1.54, 1.807) is 7.05 Å². The van der Waals surface area contributed by atoms with Gasteiger partial charge in [-0.3, -0.25) is 25.2 Å². The van der Waals surface area contributed by atoms with Gasteiger partial charge in [0.05, 0.1) is 16.3 Å². The van der Waals surface area contributed by atoms with Crippen molar-refractivity contribution < 1.29 is 19.2 Å². The Bertz CT molecular complexity index is 1060. The predicted molar refractivity (Wildman–Crippen MR) is 119 cm³/mol. The molecule has 2 aromatic rings. The van der Waals surface area contributed by atoms with Crippen molar-refractivity contribution in [2.75, 3.05) is 11.9 Å². The third kappa shape index (κ3) is 4.46. The second kappa shape index (κ2) is 9.17. The van der Waals surface area contributed by atoms with Gasteiger partial charge in [-0.15, -0.1) is 0 Å².